The van der Waals surface area contributed by atoms with E-state index in [0.29, 0.717) is 6.21 Å². The van der Waals surface area contributed by atoms with Crippen molar-refractivity contribution < 1.29 is 42.4 Å². The topological polar surface area (TPSA) is 118 Å². The van der Waals surface area contributed by atoms with Crippen molar-refractivity contribution in [3.63, 3.8) is 0 Å². The molecule has 0 heterocycles. The van der Waals surface area contributed by atoms with E-state index in [2.05, 4.69) is 14.3 Å². The summed E-state index contributed by atoms with van der Waals surface area (Å²) in [5, 5.41) is 1.99. The van der Waals surface area contributed by atoms with Crippen LogP contribution in [0.1, 0.15) is 47.1 Å². The van der Waals surface area contributed by atoms with Crippen LogP contribution in [0.5, 0.6) is 0 Å². The summed E-state index contributed by atoms with van der Waals surface area (Å²) in [5.41, 5.74) is 8.33. The number of carbonyl (C=O) groups is 3. The van der Waals surface area contributed by atoms with Crippen molar-refractivity contribution in [2.75, 3.05) is 13.2 Å². The molecule has 0 aromatic carbocycles. The van der Waals surface area contributed by atoms with Crippen LogP contribution in [0.3, 0.4) is 0 Å². The van der Waals surface area contributed by atoms with Gasteiger partial charge < -0.3 is 20.3 Å². The molecular weight excluding hydrogens is 278 g/mol. The molecule has 0 aliphatic rings. The standard InChI is InChI=1S/C13H21N3O5/c1-4-20-8-12(18)16-11(13(19)21-9(2)3)6-5-10(17)7-15-14/h7,9,11H,4-6,8H2,1-3H3,(H,16,18)/t11-/m0/s1/i1D3,2D3,3D3,9D. The van der Waals surface area contributed by atoms with E-state index in [-0.39, 0.29) is 0 Å². The van der Waals surface area contributed by atoms with Gasteiger partial charge in [-0.3, -0.25) is 9.59 Å². The van der Waals surface area contributed by atoms with Crippen molar-refractivity contribution in [2.24, 2.45) is 0 Å². The molecule has 0 bridgehead atoms. The molecular formula is C13H21N3O5. The number of hydrogen-bond donors (Lipinski definition) is 1. The first-order valence-corrected chi connectivity index (χ1v) is 5.64. The summed E-state index contributed by atoms with van der Waals surface area (Å²) in [6.45, 7) is -11.3. The largest absolute Gasteiger partial charge is 0.461 e. The maximum Gasteiger partial charge on any atom is 0.328 e. The Hall–Kier alpha value is -2.05. The van der Waals surface area contributed by atoms with Crippen molar-refractivity contribution in [1.29, 1.82) is 0 Å². The Morgan fingerprint density at radius 2 is 2.24 bits per heavy atom. The Morgan fingerprint density at radius 3 is 2.86 bits per heavy atom. The zero-order valence-corrected chi connectivity index (χ0v) is 10.9. The number of nitrogens with one attached hydrogen (secondary N) is 1. The number of amides is 1. The van der Waals surface area contributed by atoms with Crippen molar-refractivity contribution >= 4 is 23.9 Å². The van der Waals surface area contributed by atoms with Crippen LogP contribution >= 0.6 is 0 Å². The molecule has 0 radical (unpaired) electrons. The highest BCUT2D eigenvalue weighted by Crippen LogP contribution is 2.03. The fourth-order valence-corrected chi connectivity index (χ4v) is 1.22. The van der Waals surface area contributed by atoms with E-state index < -0.39 is 76.4 Å². The molecule has 0 saturated heterocycles. The molecule has 0 aliphatic carbocycles. The maximum atomic E-state index is 12.4. The van der Waals surface area contributed by atoms with Crippen molar-refractivity contribution in [1.82, 2.24) is 5.32 Å². The van der Waals surface area contributed by atoms with Gasteiger partial charge in [0.05, 0.1) is 7.45 Å². The number of esters is 1. The van der Waals surface area contributed by atoms with Crippen LogP contribution in [0.2, 0.25) is 0 Å². The average molecular weight is 309 g/mol. The van der Waals surface area contributed by atoms with E-state index in [1.54, 1.807) is 0 Å². The number of Topliss-reactive ketones (excluding diaryl/α,β-unsaturated/α-hetero) is 1. The molecule has 0 saturated carbocycles. The Kier molecular flexibility index (Phi) is 3.98. The highest BCUT2D eigenvalue weighted by Gasteiger charge is 2.24. The minimum Gasteiger partial charge on any atom is -0.461 e. The SMILES string of the molecule is [2H]C([2H])([2H])COCC(=O)N[C@@H](CCC(=O)C=[N+]=[N-])C(=O)OC([2H])(C([2H])([2H])[2H])C([2H])([2H])[2H]. The van der Waals surface area contributed by atoms with Crippen LogP contribution in [-0.4, -0.2) is 54.0 Å². The van der Waals surface area contributed by atoms with E-state index in [9.17, 15) is 14.4 Å². The number of ketones is 1. The summed E-state index contributed by atoms with van der Waals surface area (Å²) in [7, 11) is 0. The maximum absolute atomic E-state index is 12.4. The number of ether oxygens (including phenoxy) is 2. The summed E-state index contributed by atoms with van der Waals surface area (Å²) in [4.78, 5) is 38.3. The third-order valence-electron chi connectivity index (χ3n) is 2.04. The summed E-state index contributed by atoms with van der Waals surface area (Å²) in [5.74, 6) is -3.51. The molecule has 8 nitrogen and oxygen atoms in total. The Balaban J connectivity index is 5.51. The molecule has 0 aromatic heterocycles. The van der Waals surface area contributed by atoms with Crippen LogP contribution in [-0.2, 0) is 23.9 Å². The highest BCUT2D eigenvalue weighted by atomic mass is 16.5. The van der Waals surface area contributed by atoms with Crippen LogP contribution in [0, 0.1) is 0 Å². The zero-order valence-electron chi connectivity index (χ0n) is 20.9. The number of hydrogen-bond acceptors (Lipinski definition) is 5. The second-order valence-corrected chi connectivity index (χ2v) is 3.61. The third kappa shape index (κ3) is 9.48. The zero-order chi connectivity index (χ0) is 24.7. The molecule has 0 spiro atoms. The molecule has 0 fully saturated rings. The van der Waals surface area contributed by atoms with Gasteiger partial charge in [0.25, 0.3) is 0 Å². The minimum atomic E-state index is -3.67. The lowest BCUT2D eigenvalue weighted by molar-refractivity contribution is -0.152. The van der Waals surface area contributed by atoms with Gasteiger partial charge in [0.15, 0.2) is 0 Å². The second kappa shape index (κ2) is 10.7. The Morgan fingerprint density at radius 1 is 1.48 bits per heavy atom. The molecule has 1 N–H and O–H groups in total. The van der Waals surface area contributed by atoms with Gasteiger partial charge in [-0.15, -0.1) is 0 Å². The average Bonchev–Trinajstić information content (AvgIpc) is 2.55. The fraction of sp³-hybridized carbons (Fsp3) is 0.692. The lowest BCUT2D eigenvalue weighted by atomic mass is 10.1. The molecule has 118 valence electrons. The molecule has 21 heavy (non-hydrogen) atoms. The van der Waals surface area contributed by atoms with E-state index in [0.717, 1.165) is 0 Å². The quantitative estimate of drug-likeness (QED) is 0.266. The normalized spacial score (nSPS) is 20.8. The second-order valence-electron chi connectivity index (χ2n) is 3.61. The predicted octanol–water partition coefficient (Wildman–Crippen LogP) is 0.109. The van der Waals surface area contributed by atoms with E-state index in [1.807, 2.05) is 5.32 Å². The van der Waals surface area contributed by atoms with Gasteiger partial charge in [-0.05, 0) is 27.0 Å². The van der Waals surface area contributed by atoms with E-state index in [1.165, 1.54) is 0 Å². The molecule has 0 aliphatic heterocycles. The molecule has 0 rings (SSSR count). The van der Waals surface area contributed by atoms with Crippen LogP contribution in [0.4, 0.5) is 0 Å². The van der Waals surface area contributed by atoms with Crippen molar-refractivity contribution in [2.45, 2.75) is 45.5 Å². The van der Waals surface area contributed by atoms with Gasteiger partial charge >= 0.3 is 12.2 Å². The predicted molar refractivity (Wildman–Crippen MR) is 73.6 cm³/mol. The Labute approximate surface area is 137 Å². The van der Waals surface area contributed by atoms with Gasteiger partial charge in [-0.1, -0.05) is 0 Å². The van der Waals surface area contributed by atoms with Crippen LogP contribution in [0.25, 0.3) is 5.53 Å². The minimum absolute atomic E-state index is 0.489. The van der Waals surface area contributed by atoms with Crippen molar-refractivity contribution in [3.8, 4) is 0 Å². The van der Waals surface area contributed by atoms with Gasteiger partial charge in [-0.25, -0.2) is 4.79 Å². The first-order chi connectivity index (χ1) is 13.8. The monoisotopic (exact) mass is 309 g/mol. The third-order valence-corrected chi connectivity index (χ3v) is 2.04. The number of carbonyl (C=O) groups excluding carboxylic acids is 3. The summed E-state index contributed by atoms with van der Waals surface area (Å²) in [6.07, 6.45) is -4.25. The lowest BCUT2D eigenvalue weighted by Crippen LogP contribution is -2.44. The van der Waals surface area contributed by atoms with Crippen LogP contribution < -0.4 is 5.32 Å². The molecule has 0 aromatic rings. The number of nitrogens with zero attached hydrogens (tertiary/aromatic N) is 2. The molecule has 8 heteroatoms. The highest BCUT2D eigenvalue weighted by molar-refractivity contribution is 6.25. The molecule has 1 amide bonds. The lowest BCUT2D eigenvalue weighted by Gasteiger charge is -2.18. The molecule has 1 atom stereocenters. The van der Waals surface area contributed by atoms with Gasteiger partial charge in [0.1, 0.15) is 12.6 Å². The Bertz CT molecular complexity index is 698. The van der Waals surface area contributed by atoms with Crippen LogP contribution in [0.15, 0.2) is 0 Å². The first kappa shape index (κ1) is 7.82. The smallest absolute Gasteiger partial charge is 0.328 e. The first-order valence-electron chi connectivity index (χ1n) is 10.6. The van der Waals surface area contributed by atoms with E-state index in [4.69, 9.17) is 19.2 Å². The van der Waals surface area contributed by atoms with Gasteiger partial charge in [0.2, 0.25) is 11.7 Å². The fourth-order valence-electron chi connectivity index (χ4n) is 1.22. The van der Waals surface area contributed by atoms with Gasteiger partial charge in [0, 0.05) is 25.4 Å². The van der Waals surface area contributed by atoms with Crippen molar-refractivity contribution in [3.05, 3.63) is 5.53 Å². The number of rotatable bonds is 10. The summed E-state index contributed by atoms with van der Waals surface area (Å²) in [6, 6.07) is -1.80. The summed E-state index contributed by atoms with van der Waals surface area (Å²) >= 11 is 0. The van der Waals surface area contributed by atoms with E-state index >= 15 is 0 Å². The molecule has 0 unspecified atom stereocenters. The van der Waals surface area contributed by atoms with Gasteiger partial charge in [-0.2, -0.15) is 4.79 Å². The summed E-state index contributed by atoms with van der Waals surface area (Å²) < 4.78 is 81.1.